The van der Waals surface area contributed by atoms with E-state index in [1.54, 1.807) is 48.4 Å². The van der Waals surface area contributed by atoms with Crippen molar-refractivity contribution >= 4 is 17.7 Å². The van der Waals surface area contributed by atoms with Crippen molar-refractivity contribution in [3.63, 3.8) is 0 Å². The molecule has 1 atom stereocenters. The van der Waals surface area contributed by atoms with Crippen molar-refractivity contribution in [2.45, 2.75) is 25.5 Å². The van der Waals surface area contributed by atoms with Gasteiger partial charge in [-0.05, 0) is 42.7 Å². The Morgan fingerprint density at radius 3 is 2.53 bits per heavy atom. The molecule has 8 nitrogen and oxygen atoms in total. The average molecular weight is 465 g/mol. The van der Waals surface area contributed by atoms with Crippen LogP contribution in [0.3, 0.4) is 0 Å². The Balaban J connectivity index is 1.52. The number of fused-ring (bicyclic) bond motifs is 1. The molecule has 2 aromatic rings. The average Bonchev–Trinajstić information content (AvgIpc) is 3.45. The first-order valence-corrected chi connectivity index (χ1v) is 11.3. The number of rotatable bonds is 10. The van der Waals surface area contributed by atoms with Crippen molar-refractivity contribution in [2.24, 2.45) is 0 Å². The Hall–Kier alpha value is -3.65. The smallest absolute Gasteiger partial charge is 0.262 e. The molecule has 34 heavy (non-hydrogen) atoms. The molecule has 0 N–H and O–H groups in total. The fourth-order valence-corrected chi connectivity index (χ4v) is 4.21. The number of hydrogen-bond acceptors (Lipinski definition) is 6. The first kappa shape index (κ1) is 23.5. The zero-order chi connectivity index (χ0) is 24.1. The van der Waals surface area contributed by atoms with Gasteiger partial charge in [0.25, 0.3) is 11.8 Å². The van der Waals surface area contributed by atoms with Crippen LogP contribution in [0.2, 0.25) is 0 Å². The normalized spacial score (nSPS) is 17.0. The highest BCUT2D eigenvalue weighted by molar-refractivity contribution is 6.22. The molecule has 1 saturated heterocycles. The summed E-state index contributed by atoms with van der Waals surface area (Å²) in [5.74, 6) is -0.0952. The largest absolute Gasteiger partial charge is 0.493 e. The SMILES string of the molecule is C=CCOc1ccc(CN(CC2CCCO2)C(=O)CN2C(=O)c3ccccc3C2=O)cc1OC. The van der Waals surface area contributed by atoms with Crippen LogP contribution in [0.1, 0.15) is 39.1 Å². The molecule has 0 saturated carbocycles. The molecule has 0 bridgehead atoms. The van der Waals surface area contributed by atoms with Gasteiger partial charge in [0.05, 0.1) is 24.3 Å². The van der Waals surface area contributed by atoms with Crippen LogP contribution in [0, 0.1) is 0 Å². The minimum atomic E-state index is -0.448. The number of imide groups is 1. The Morgan fingerprint density at radius 2 is 1.91 bits per heavy atom. The monoisotopic (exact) mass is 464 g/mol. The summed E-state index contributed by atoms with van der Waals surface area (Å²) in [5, 5.41) is 0. The van der Waals surface area contributed by atoms with Gasteiger partial charge in [-0.15, -0.1) is 0 Å². The second-order valence-corrected chi connectivity index (χ2v) is 8.24. The lowest BCUT2D eigenvalue weighted by molar-refractivity contribution is -0.133. The predicted octanol–water partition coefficient (Wildman–Crippen LogP) is 3.06. The van der Waals surface area contributed by atoms with Crippen molar-refractivity contribution in [1.82, 2.24) is 9.80 Å². The maximum Gasteiger partial charge on any atom is 0.262 e. The van der Waals surface area contributed by atoms with Crippen LogP contribution in [-0.2, 0) is 16.1 Å². The molecule has 2 aromatic carbocycles. The lowest BCUT2D eigenvalue weighted by Gasteiger charge is -2.27. The molecule has 0 aromatic heterocycles. The molecule has 1 unspecified atom stereocenters. The molecule has 0 radical (unpaired) electrons. The van der Waals surface area contributed by atoms with E-state index < -0.39 is 11.8 Å². The molecule has 178 valence electrons. The number of amides is 3. The van der Waals surface area contributed by atoms with Crippen LogP contribution in [0.15, 0.2) is 55.1 Å². The molecule has 0 aliphatic carbocycles. The highest BCUT2D eigenvalue weighted by Gasteiger charge is 2.37. The van der Waals surface area contributed by atoms with Crippen molar-refractivity contribution < 1.29 is 28.6 Å². The topological polar surface area (TPSA) is 85.4 Å². The summed E-state index contributed by atoms with van der Waals surface area (Å²) < 4.78 is 16.8. The van der Waals surface area contributed by atoms with E-state index in [9.17, 15) is 14.4 Å². The van der Waals surface area contributed by atoms with Crippen LogP contribution in [0.5, 0.6) is 11.5 Å². The summed E-state index contributed by atoms with van der Waals surface area (Å²) in [6, 6.07) is 12.1. The number of nitrogens with zero attached hydrogens (tertiary/aromatic N) is 2. The number of ether oxygens (including phenoxy) is 3. The van der Waals surface area contributed by atoms with Crippen LogP contribution < -0.4 is 9.47 Å². The van der Waals surface area contributed by atoms with Gasteiger partial charge >= 0.3 is 0 Å². The van der Waals surface area contributed by atoms with Gasteiger partial charge in [0.15, 0.2) is 11.5 Å². The van der Waals surface area contributed by atoms with Gasteiger partial charge in [-0.2, -0.15) is 0 Å². The Morgan fingerprint density at radius 1 is 1.18 bits per heavy atom. The number of methoxy groups -OCH3 is 1. The van der Waals surface area contributed by atoms with E-state index in [1.165, 1.54) is 0 Å². The second-order valence-electron chi connectivity index (χ2n) is 8.24. The van der Waals surface area contributed by atoms with Gasteiger partial charge in [0, 0.05) is 19.7 Å². The molecule has 2 aliphatic heterocycles. The summed E-state index contributed by atoms with van der Waals surface area (Å²) in [5.41, 5.74) is 1.48. The van der Waals surface area contributed by atoms with Gasteiger partial charge in [-0.3, -0.25) is 19.3 Å². The lowest BCUT2D eigenvalue weighted by atomic mass is 10.1. The molecule has 2 aliphatic rings. The number of benzene rings is 2. The van der Waals surface area contributed by atoms with E-state index in [4.69, 9.17) is 14.2 Å². The third kappa shape index (κ3) is 4.97. The van der Waals surface area contributed by atoms with Gasteiger partial charge < -0.3 is 19.1 Å². The van der Waals surface area contributed by atoms with Crippen molar-refractivity contribution in [3.05, 3.63) is 71.8 Å². The Kier molecular flexibility index (Phi) is 7.27. The van der Waals surface area contributed by atoms with E-state index >= 15 is 0 Å². The summed E-state index contributed by atoms with van der Waals surface area (Å²) in [6.45, 7) is 4.99. The summed E-state index contributed by atoms with van der Waals surface area (Å²) in [6.07, 6.45) is 3.36. The zero-order valence-electron chi connectivity index (χ0n) is 19.2. The van der Waals surface area contributed by atoms with Crippen molar-refractivity contribution in [1.29, 1.82) is 0 Å². The quantitative estimate of drug-likeness (QED) is 0.397. The molecular weight excluding hydrogens is 436 g/mol. The van der Waals surface area contributed by atoms with E-state index in [0.717, 1.165) is 23.3 Å². The number of carbonyl (C=O) groups is 3. The maximum absolute atomic E-state index is 13.4. The standard InChI is InChI=1S/C26H28N2O6/c1-3-12-34-22-11-10-18(14-23(22)32-2)15-27(16-19-7-6-13-33-19)24(29)17-28-25(30)20-8-4-5-9-21(20)26(28)31/h3-5,8-11,14,19H,1,6-7,12-13,15-17H2,2H3. The fraction of sp³-hybridized carbons (Fsp3) is 0.346. The van der Waals surface area contributed by atoms with E-state index in [1.807, 2.05) is 12.1 Å². The summed E-state index contributed by atoms with van der Waals surface area (Å²) in [7, 11) is 1.55. The Bertz CT molecular complexity index is 1060. The minimum Gasteiger partial charge on any atom is -0.493 e. The predicted molar refractivity (Wildman–Crippen MR) is 125 cm³/mol. The third-order valence-corrected chi connectivity index (χ3v) is 5.93. The highest BCUT2D eigenvalue weighted by atomic mass is 16.5. The van der Waals surface area contributed by atoms with E-state index in [-0.39, 0.29) is 25.1 Å². The molecule has 8 heteroatoms. The molecule has 3 amide bonds. The fourth-order valence-electron chi connectivity index (χ4n) is 4.21. The number of hydrogen-bond donors (Lipinski definition) is 0. The van der Waals surface area contributed by atoms with Gasteiger partial charge in [-0.1, -0.05) is 30.9 Å². The third-order valence-electron chi connectivity index (χ3n) is 5.93. The zero-order valence-corrected chi connectivity index (χ0v) is 19.2. The molecule has 2 heterocycles. The second kappa shape index (κ2) is 10.5. The van der Waals surface area contributed by atoms with E-state index in [0.29, 0.717) is 42.4 Å². The molecule has 1 fully saturated rings. The van der Waals surface area contributed by atoms with Crippen molar-refractivity contribution in [2.75, 3.05) is 33.4 Å². The van der Waals surface area contributed by atoms with Crippen LogP contribution in [0.25, 0.3) is 0 Å². The van der Waals surface area contributed by atoms with Gasteiger partial charge in [-0.25, -0.2) is 0 Å². The molecular formula is C26H28N2O6. The van der Waals surface area contributed by atoms with E-state index in [2.05, 4.69) is 6.58 Å². The highest BCUT2D eigenvalue weighted by Crippen LogP contribution is 2.29. The first-order chi connectivity index (χ1) is 16.5. The molecule has 0 spiro atoms. The van der Waals surface area contributed by atoms with Crippen LogP contribution >= 0.6 is 0 Å². The Labute approximate surface area is 198 Å². The maximum atomic E-state index is 13.4. The van der Waals surface area contributed by atoms with Crippen LogP contribution in [0.4, 0.5) is 0 Å². The number of carbonyl (C=O) groups excluding carboxylic acids is 3. The van der Waals surface area contributed by atoms with Crippen molar-refractivity contribution in [3.8, 4) is 11.5 Å². The lowest BCUT2D eigenvalue weighted by Crippen LogP contribution is -2.44. The van der Waals surface area contributed by atoms with Crippen LogP contribution in [-0.4, -0.2) is 67.0 Å². The minimum absolute atomic E-state index is 0.0804. The summed E-state index contributed by atoms with van der Waals surface area (Å²) in [4.78, 5) is 41.5. The van der Waals surface area contributed by atoms with Gasteiger partial charge in [0.1, 0.15) is 13.2 Å². The first-order valence-electron chi connectivity index (χ1n) is 11.3. The molecule has 4 rings (SSSR count). The van der Waals surface area contributed by atoms with Gasteiger partial charge in [0.2, 0.25) is 5.91 Å². The summed E-state index contributed by atoms with van der Waals surface area (Å²) >= 11 is 0.